The molecule has 0 atom stereocenters. The fraction of sp³-hybridized carbons (Fsp3) is 0.444. The van der Waals surface area contributed by atoms with Crippen molar-refractivity contribution in [3.63, 3.8) is 0 Å². The lowest BCUT2D eigenvalue weighted by molar-refractivity contribution is -0.129. The van der Waals surface area contributed by atoms with Gasteiger partial charge in [-0.3, -0.25) is 4.79 Å². The molecule has 0 fully saturated rings. The number of nitrogens with zero attached hydrogens (tertiary/aromatic N) is 1. The fourth-order valence-electron chi connectivity index (χ4n) is 0.891. The van der Waals surface area contributed by atoms with Crippen molar-refractivity contribution in [1.82, 2.24) is 4.90 Å². The molecule has 0 rings (SSSR count). The lowest BCUT2D eigenvalue weighted by Gasteiger charge is -2.24. The van der Waals surface area contributed by atoms with Gasteiger partial charge in [-0.05, 0) is 6.92 Å². The summed E-state index contributed by atoms with van der Waals surface area (Å²) in [6.07, 6.45) is 1.58. The van der Waals surface area contributed by atoms with E-state index in [9.17, 15) is 4.79 Å². The average Bonchev–Trinajstić information content (AvgIpc) is 2.09. The minimum Gasteiger partial charge on any atom is -0.331 e. The molecule has 0 aromatic rings. The molecule has 0 spiro atoms. The Bertz CT molecular complexity index is 270. The predicted octanol–water partition coefficient (Wildman–Crippen LogP) is 3.51. The molecule has 0 aliphatic heterocycles. The highest BCUT2D eigenvalue weighted by molar-refractivity contribution is 6.76. The smallest absolute Gasteiger partial charge is 0.275 e. The van der Waals surface area contributed by atoms with Crippen molar-refractivity contribution in [2.45, 2.75) is 10.7 Å². The zero-order chi connectivity index (χ0) is 12.1. The van der Waals surface area contributed by atoms with Crippen molar-refractivity contribution in [3.8, 4) is 0 Å². The Morgan fingerprint density at radius 1 is 1.47 bits per heavy atom. The number of carbonyl (C=O) groups is 1. The van der Waals surface area contributed by atoms with Crippen LogP contribution in [0.3, 0.4) is 0 Å². The lowest BCUT2D eigenvalue weighted by Crippen LogP contribution is -2.40. The lowest BCUT2D eigenvalue weighted by atomic mass is 10.3. The first-order valence-corrected chi connectivity index (χ1v) is 5.61. The first-order valence-electron chi connectivity index (χ1n) is 4.04. The van der Waals surface area contributed by atoms with E-state index in [0.717, 1.165) is 5.57 Å². The third kappa shape index (κ3) is 6.31. The Morgan fingerprint density at radius 3 is 2.33 bits per heavy atom. The third-order valence-electron chi connectivity index (χ3n) is 1.41. The summed E-state index contributed by atoms with van der Waals surface area (Å²) in [5.74, 6) is -0.592. The largest absolute Gasteiger partial charge is 0.331 e. The number of alkyl halides is 3. The van der Waals surface area contributed by atoms with Crippen molar-refractivity contribution < 1.29 is 4.79 Å². The molecular weight excluding hydrogens is 280 g/mol. The van der Waals surface area contributed by atoms with E-state index in [4.69, 9.17) is 46.4 Å². The van der Waals surface area contributed by atoms with E-state index >= 15 is 0 Å². The second-order valence-electron chi connectivity index (χ2n) is 3.00. The second-order valence-corrected chi connectivity index (χ2v) is 5.54. The molecule has 0 aromatic carbocycles. The van der Waals surface area contributed by atoms with Gasteiger partial charge in [-0.25, -0.2) is 0 Å². The van der Waals surface area contributed by atoms with E-state index in [2.05, 4.69) is 6.58 Å². The van der Waals surface area contributed by atoms with Gasteiger partial charge >= 0.3 is 0 Å². The van der Waals surface area contributed by atoms with Gasteiger partial charge in [0.15, 0.2) is 0 Å². The maximum absolute atomic E-state index is 11.6. The summed E-state index contributed by atoms with van der Waals surface area (Å²) in [5.41, 5.74) is 2.09. The van der Waals surface area contributed by atoms with Crippen LogP contribution in [0.2, 0.25) is 0 Å². The molecule has 0 saturated carbocycles. The first kappa shape index (κ1) is 15.1. The first-order chi connectivity index (χ1) is 6.79. The van der Waals surface area contributed by atoms with Gasteiger partial charge in [-0.15, -0.1) is 0 Å². The number of halogens is 4. The van der Waals surface area contributed by atoms with Crippen LogP contribution in [0, 0.1) is 0 Å². The maximum atomic E-state index is 11.6. The minimum atomic E-state index is -1.95. The van der Waals surface area contributed by atoms with E-state index in [1.807, 2.05) is 0 Å². The molecule has 86 valence electrons. The molecule has 0 bridgehead atoms. The van der Waals surface area contributed by atoms with Crippen LogP contribution in [-0.2, 0) is 4.79 Å². The number of hydrogen-bond acceptors (Lipinski definition) is 1. The summed E-state index contributed by atoms with van der Waals surface area (Å²) >= 11 is 21.8. The van der Waals surface area contributed by atoms with Crippen molar-refractivity contribution in [2.24, 2.45) is 0 Å². The molecule has 15 heavy (non-hydrogen) atoms. The Labute approximate surface area is 109 Å². The van der Waals surface area contributed by atoms with Crippen LogP contribution in [-0.4, -0.2) is 27.7 Å². The summed E-state index contributed by atoms with van der Waals surface area (Å²) in [4.78, 5) is 13.0. The van der Waals surface area contributed by atoms with E-state index < -0.39 is 9.70 Å². The Balaban J connectivity index is 4.62. The van der Waals surface area contributed by atoms with Gasteiger partial charge in [-0.1, -0.05) is 64.6 Å². The molecule has 0 saturated heterocycles. The van der Waals surface area contributed by atoms with Crippen LogP contribution in [0.25, 0.3) is 0 Å². The predicted molar refractivity (Wildman–Crippen MR) is 66.7 cm³/mol. The second kappa shape index (κ2) is 6.64. The molecule has 0 aromatic heterocycles. The van der Waals surface area contributed by atoms with Crippen LogP contribution in [0.4, 0.5) is 0 Å². The fourth-order valence-corrected chi connectivity index (χ4v) is 1.33. The zero-order valence-electron chi connectivity index (χ0n) is 8.14. The number of rotatable bonds is 4. The third-order valence-corrected chi connectivity index (χ3v) is 2.07. The van der Waals surface area contributed by atoms with E-state index in [1.54, 1.807) is 13.0 Å². The van der Waals surface area contributed by atoms with Crippen molar-refractivity contribution in [1.29, 1.82) is 0 Å². The highest BCUT2D eigenvalue weighted by atomic mass is 35.6. The van der Waals surface area contributed by atoms with Crippen molar-refractivity contribution >= 4 is 52.3 Å². The molecular formula is C9H11Cl4NO. The quantitative estimate of drug-likeness (QED) is 0.573. The Hall–Kier alpha value is 0.110. The molecule has 2 nitrogen and oxygen atoms in total. The van der Waals surface area contributed by atoms with Gasteiger partial charge in [0.05, 0.1) is 0 Å². The number of carbonyl (C=O) groups excluding carboxylic acids is 1. The summed E-state index contributed by atoms with van der Waals surface area (Å²) in [7, 11) is 0. The minimum absolute atomic E-state index is 0.281. The maximum Gasteiger partial charge on any atom is 0.275 e. The number of amides is 1. The molecule has 0 aliphatic rings. The van der Waals surface area contributed by atoms with E-state index in [0.29, 0.717) is 6.54 Å². The Kier molecular flexibility index (Phi) is 6.69. The van der Waals surface area contributed by atoms with E-state index in [1.165, 1.54) is 10.4 Å². The van der Waals surface area contributed by atoms with Gasteiger partial charge in [0.25, 0.3) is 9.70 Å². The van der Waals surface area contributed by atoms with Crippen LogP contribution in [0.1, 0.15) is 6.92 Å². The summed E-state index contributed by atoms with van der Waals surface area (Å²) < 4.78 is -1.95. The normalized spacial score (nSPS) is 11.8. The topological polar surface area (TPSA) is 20.3 Å². The molecule has 1 amide bonds. The summed E-state index contributed by atoms with van der Waals surface area (Å²) in [6, 6.07) is 0. The summed E-state index contributed by atoms with van der Waals surface area (Å²) in [5, 5.41) is 0. The van der Waals surface area contributed by atoms with Crippen LogP contribution in [0.15, 0.2) is 23.8 Å². The van der Waals surface area contributed by atoms with Gasteiger partial charge in [0.1, 0.15) is 0 Å². The van der Waals surface area contributed by atoms with Gasteiger partial charge in [0, 0.05) is 18.6 Å². The molecule has 0 radical (unpaired) electrons. The average molecular weight is 291 g/mol. The van der Waals surface area contributed by atoms with Crippen LogP contribution < -0.4 is 0 Å². The molecule has 6 heteroatoms. The molecule has 0 N–H and O–H groups in total. The number of hydrogen-bond donors (Lipinski definition) is 0. The van der Waals surface area contributed by atoms with Crippen molar-refractivity contribution in [3.05, 3.63) is 23.8 Å². The molecule has 0 aliphatic carbocycles. The summed E-state index contributed by atoms with van der Waals surface area (Å²) in [6.45, 7) is 6.08. The van der Waals surface area contributed by atoms with Crippen LogP contribution >= 0.6 is 46.4 Å². The SMILES string of the molecule is C=C(C)CN(CC=CCl)C(=O)C(Cl)(Cl)Cl. The van der Waals surface area contributed by atoms with Crippen molar-refractivity contribution in [2.75, 3.05) is 13.1 Å². The molecule has 0 heterocycles. The van der Waals surface area contributed by atoms with Gasteiger partial charge in [-0.2, -0.15) is 0 Å². The van der Waals surface area contributed by atoms with Crippen LogP contribution in [0.5, 0.6) is 0 Å². The van der Waals surface area contributed by atoms with Gasteiger partial charge in [0.2, 0.25) is 0 Å². The standard InChI is InChI=1S/C9H11Cl4NO/c1-7(2)6-14(5-3-4-10)8(15)9(11,12)13/h3-4H,1,5-6H2,2H3. The van der Waals surface area contributed by atoms with E-state index in [-0.39, 0.29) is 6.54 Å². The molecule has 0 unspecified atom stereocenters. The highest BCUT2D eigenvalue weighted by Crippen LogP contribution is 2.28. The zero-order valence-corrected chi connectivity index (χ0v) is 11.2. The highest BCUT2D eigenvalue weighted by Gasteiger charge is 2.34. The monoisotopic (exact) mass is 289 g/mol. The Morgan fingerprint density at radius 2 is 2.00 bits per heavy atom. The van der Waals surface area contributed by atoms with Gasteiger partial charge < -0.3 is 4.90 Å².